The first-order valence-electron chi connectivity index (χ1n) is 20.6. The Hall–Kier alpha value is -2.07. The fraction of sp³-hybridized carbons (Fsp3) is 0.714. The number of ether oxygens (including phenoxy) is 4. The Bertz CT molecular complexity index is 1870. The number of amides is 1. The van der Waals surface area contributed by atoms with Crippen LogP contribution in [0.1, 0.15) is 86.8 Å². The Kier molecular flexibility index (Phi) is 12.5. The van der Waals surface area contributed by atoms with E-state index in [1.807, 2.05) is 40.7 Å². The van der Waals surface area contributed by atoms with Crippen molar-refractivity contribution < 1.29 is 56.6 Å². The summed E-state index contributed by atoms with van der Waals surface area (Å²) in [6.45, 7) is 24.7. The van der Waals surface area contributed by atoms with Gasteiger partial charge in [-0.2, -0.15) is 0 Å². The van der Waals surface area contributed by atoms with E-state index < -0.39 is 111 Å². The second-order valence-corrected chi connectivity index (χ2v) is 30.4. The summed E-state index contributed by atoms with van der Waals surface area (Å²) >= 11 is 0. The molecule has 1 amide bonds. The Morgan fingerprint density at radius 3 is 2.22 bits per heavy atom. The van der Waals surface area contributed by atoms with Gasteiger partial charge in [-0.15, -0.1) is 0 Å². The van der Waals surface area contributed by atoms with E-state index in [0.29, 0.717) is 28.8 Å². The number of ketones is 1. The van der Waals surface area contributed by atoms with Crippen LogP contribution in [0.3, 0.4) is 0 Å². The molecule has 13 nitrogen and oxygen atoms in total. The number of rotatable bonds is 8. The Morgan fingerprint density at radius 1 is 1.03 bits per heavy atom. The van der Waals surface area contributed by atoms with Gasteiger partial charge in [-0.1, -0.05) is 60.0 Å². The van der Waals surface area contributed by atoms with Gasteiger partial charge in [0.25, 0.3) is 0 Å². The summed E-state index contributed by atoms with van der Waals surface area (Å²) in [4.78, 5) is 56.9. The zero-order valence-corrected chi connectivity index (χ0v) is 41.0. The van der Waals surface area contributed by atoms with Gasteiger partial charge in [0.1, 0.15) is 23.9 Å². The van der Waals surface area contributed by atoms with Crippen LogP contribution >= 0.6 is 17.4 Å². The van der Waals surface area contributed by atoms with Gasteiger partial charge in [-0.25, -0.2) is 9.59 Å². The van der Waals surface area contributed by atoms with Crippen molar-refractivity contribution >= 4 is 57.9 Å². The molecule has 59 heavy (non-hydrogen) atoms. The topological polar surface area (TPSA) is 165 Å². The van der Waals surface area contributed by atoms with E-state index in [9.17, 15) is 19.5 Å². The molecule has 0 aromatic heterocycles. The molecule has 3 unspecified atom stereocenters. The molecular weight excluding hydrogens is 829 g/mol. The predicted molar refractivity (Wildman–Crippen MR) is 232 cm³/mol. The lowest BCUT2D eigenvalue weighted by Crippen LogP contribution is -2.80. The summed E-state index contributed by atoms with van der Waals surface area (Å²) in [6.07, 6.45) is -5.07. The molecule has 2 saturated heterocycles. The minimum absolute atomic E-state index is 0.0463. The monoisotopic (exact) mass is 893 g/mol. The molecule has 2 heterocycles. The molecule has 13 atom stereocenters. The summed E-state index contributed by atoms with van der Waals surface area (Å²) in [5, 5.41) is 16.5. The van der Waals surface area contributed by atoms with Crippen molar-refractivity contribution in [1.29, 1.82) is 0 Å². The molecular formula is C42H65NO12P2Si2. The normalized spacial score (nSPS) is 36.9. The molecule has 0 spiro atoms. The van der Waals surface area contributed by atoms with Crippen LogP contribution in [0.25, 0.3) is 0 Å². The Balaban J connectivity index is 1.52. The van der Waals surface area contributed by atoms with Gasteiger partial charge in [0.15, 0.2) is 34.1 Å². The Morgan fingerprint density at radius 2 is 1.66 bits per heavy atom. The highest BCUT2D eigenvalue weighted by atomic mass is 32.0. The van der Waals surface area contributed by atoms with E-state index in [1.54, 1.807) is 45.0 Å². The number of carbonyl (C=O) groups excluding carboxylic acids is 4. The largest absolute Gasteiger partial charge is 0.456 e. The lowest BCUT2D eigenvalue weighted by atomic mass is 9.42. The van der Waals surface area contributed by atoms with Gasteiger partial charge in [-0.05, 0) is 89.1 Å². The maximum absolute atomic E-state index is 16.0. The van der Waals surface area contributed by atoms with Crippen molar-refractivity contribution in [3.8, 4) is 0 Å². The van der Waals surface area contributed by atoms with Gasteiger partial charge in [0, 0.05) is 39.6 Å². The average Bonchev–Trinajstić information content (AvgIpc) is 3.11. The molecule has 2 aliphatic heterocycles. The fourth-order valence-electron chi connectivity index (χ4n) is 11.5. The molecule has 328 valence electrons. The first-order chi connectivity index (χ1) is 27.1. The predicted octanol–water partition coefficient (Wildman–Crippen LogP) is 7.09. The van der Waals surface area contributed by atoms with E-state index in [2.05, 4.69) is 40.4 Å². The molecule has 1 aromatic carbocycles. The summed E-state index contributed by atoms with van der Waals surface area (Å²) in [5.41, 5.74) is -3.59. The van der Waals surface area contributed by atoms with Crippen molar-refractivity contribution in [1.82, 2.24) is 5.32 Å². The van der Waals surface area contributed by atoms with Crippen LogP contribution in [-0.2, 0) is 46.7 Å². The third-order valence-electron chi connectivity index (χ3n) is 13.7. The zero-order chi connectivity index (χ0) is 43.9. The summed E-state index contributed by atoms with van der Waals surface area (Å²) in [6, 6.07) is 7.97. The summed E-state index contributed by atoms with van der Waals surface area (Å²) in [7, 11) is -2.97. The van der Waals surface area contributed by atoms with Crippen molar-refractivity contribution in [3.63, 3.8) is 0 Å². The third kappa shape index (κ3) is 8.19. The Labute approximate surface area is 355 Å². The summed E-state index contributed by atoms with van der Waals surface area (Å²) < 4.78 is 45.1. The number of hydrogen-bond acceptors (Lipinski definition) is 12. The minimum Gasteiger partial charge on any atom is -0.456 e. The molecule has 2 saturated carbocycles. The molecule has 1 aromatic rings. The number of nitrogens with one attached hydrogen (secondary N) is 1. The smallest absolute Gasteiger partial charge is 0.408 e. The molecule has 3 aliphatic carbocycles. The van der Waals surface area contributed by atoms with Crippen molar-refractivity contribution in [2.75, 3.05) is 6.61 Å². The van der Waals surface area contributed by atoms with Crippen LogP contribution in [0.5, 0.6) is 0 Å². The maximum Gasteiger partial charge on any atom is 0.408 e. The van der Waals surface area contributed by atoms with Crippen LogP contribution < -0.4 is 5.32 Å². The van der Waals surface area contributed by atoms with E-state index in [4.69, 9.17) is 32.3 Å². The van der Waals surface area contributed by atoms with Crippen molar-refractivity contribution in [2.45, 2.75) is 160 Å². The van der Waals surface area contributed by atoms with Gasteiger partial charge >= 0.3 is 18.0 Å². The van der Waals surface area contributed by atoms with E-state index in [1.165, 1.54) is 6.92 Å². The van der Waals surface area contributed by atoms with Crippen molar-refractivity contribution in [2.24, 2.45) is 22.7 Å². The van der Waals surface area contributed by atoms with E-state index in [-0.39, 0.29) is 27.3 Å². The van der Waals surface area contributed by atoms with E-state index in [0.717, 1.165) is 0 Å². The second kappa shape index (κ2) is 15.9. The van der Waals surface area contributed by atoms with Crippen molar-refractivity contribution in [3.05, 3.63) is 47.0 Å². The molecule has 4 bridgehead atoms. The number of alkyl carbamates (subject to hydrolysis) is 1. The first kappa shape index (κ1) is 46.4. The van der Waals surface area contributed by atoms with E-state index >= 15 is 4.79 Å². The minimum atomic E-state index is -2.70. The molecule has 2 N–H and O–H groups in total. The lowest BCUT2D eigenvalue weighted by Gasteiger charge is -2.68. The number of aliphatic hydroxyl groups is 1. The average molecular weight is 894 g/mol. The van der Waals surface area contributed by atoms with Crippen LogP contribution in [0.15, 0.2) is 41.5 Å². The highest BCUT2D eigenvalue weighted by Gasteiger charge is 2.77. The first-order valence-corrected chi connectivity index (χ1v) is 29.6. The van der Waals surface area contributed by atoms with Crippen LogP contribution in [0, 0.1) is 22.7 Å². The number of benzene rings is 1. The van der Waals surface area contributed by atoms with Crippen LogP contribution in [0.2, 0.25) is 31.9 Å². The molecule has 0 radical (unpaired) electrons. The molecule has 5 aliphatic rings. The third-order valence-corrected chi connectivity index (χ3v) is 23.1. The highest BCUT2D eigenvalue weighted by molar-refractivity contribution is 8.00. The number of hydrogen-bond donors (Lipinski definition) is 2. The van der Waals surface area contributed by atoms with Crippen LogP contribution in [-0.4, -0.2) is 99.5 Å². The van der Waals surface area contributed by atoms with Gasteiger partial charge in [0.05, 0.1) is 29.8 Å². The maximum atomic E-state index is 16.0. The quantitative estimate of drug-likeness (QED) is 0.0897. The highest BCUT2D eigenvalue weighted by Crippen LogP contribution is 2.66. The molecule has 4 fully saturated rings. The standard InChI is InChI=1S/C42H65NO12P2Si2/c1-23-27(50-36(46)33(53-57-56)31(26-17-15-14-16-18-26)43-37(47)52-38(4,5)6)20-42(48)24(2)34-40(9)28(19-29-41(34,21-49-29)51-25(3)44)54-58(10,11)22-59(12,13)55-32(35(40)45)30(23)39(42,7)8/h14-18,24,27-29,31-34,48,57H,19-22,56H2,1-13H3,(H,43,47)/t24-,27-,28-,29+,31-,32+,33+,34?,40+,41-,42+/m0/s1. The SMILES string of the molecule is CC(=O)O[C@@]12CO[C@@H]1C[C@@H]1O[Si](C)(C)C[Si](C)(C)O[C@H]3C(=O)[C@@]1(C)C2[C@H](C)[C@]1(O)C[C@H](OC(=O)[C@H](OPP)[C@@H](NC(=O)OC(C)(C)C)c2ccccc2)C(C)=C3C1(C)C. The van der Waals surface area contributed by atoms with Gasteiger partial charge in [0.2, 0.25) is 0 Å². The van der Waals surface area contributed by atoms with Gasteiger partial charge < -0.3 is 42.7 Å². The number of esters is 2. The summed E-state index contributed by atoms with van der Waals surface area (Å²) in [5.74, 6) is -2.97. The van der Waals surface area contributed by atoms with Crippen LogP contribution in [0.4, 0.5) is 4.79 Å². The molecule has 17 heteroatoms. The number of fused-ring (bicyclic) bond motifs is 6. The second-order valence-electron chi connectivity index (χ2n) is 20.3. The fourth-order valence-corrected chi connectivity index (χ4v) is 23.2. The lowest BCUT2D eigenvalue weighted by molar-refractivity contribution is -0.336. The molecule has 6 rings (SSSR count). The number of Topliss-reactive ketones (excluding diaryl/α,β-unsaturated/α-hetero) is 1. The number of carbonyl (C=O) groups is 4. The zero-order valence-electron chi connectivity index (χ0n) is 36.8. The van der Waals surface area contributed by atoms with Gasteiger partial charge in [-0.3, -0.25) is 9.59 Å².